The van der Waals surface area contributed by atoms with Crippen molar-refractivity contribution in [3.05, 3.63) is 98.7 Å². The van der Waals surface area contributed by atoms with E-state index in [0.29, 0.717) is 45.0 Å². The lowest BCUT2D eigenvalue weighted by molar-refractivity contribution is -0.113. The van der Waals surface area contributed by atoms with Gasteiger partial charge in [-0.3, -0.25) is 4.79 Å². The van der Waals surface area contributed by atoms with E-state index in [9.17, 15) is 4.79 Å². The molecule has 8 nitrogen and oxygen atoms in total. The summed E-state index contributed by atoms with van der Waals surface area (Å²) in [6.45, 7) is 8.51. The van der Waals surface area contributed by atoms with Crippen LogP contribution in [-0.2, 0) is 11.4 Å². The van der Waals surface area contributed by atoms with Gasteiger partial charge in [0, 0.05) is 17.1 Å². The number of anilines is 2. The maximum Gasteiger partial charge on any atom is 0.255 e. The molecule has 2 heterocycles. The van der Waals surface area contributed by atoms with Crippen LogP contribution in [0.2, 0.25) is 0 Å². The lowest BCUT2D eigenvalue weighted by Gasteiger charge is -2.29. The number of fused-ring (bicyclic) bond motifs is 1. The highest BCUT2D eigenvalue weighted by molar-refractivity contribution is 9.10. The van der Waals surface area contributed by atoms with E-state index in [1.165, 1.54) is 0 Å². The fraction of sp³-hybridized carbons (Fsp3) is 0.303. The van der Waals surface area contributed by atoms with Crippen molar-refractivity contribution in [2.45, 2.75) is 58.3 Å². The molecule has 1 aliphatic rings. The molecule has 1 unspecified atom stereocenters. The van der Waals surface area contributed by atoms with Gasteiger partial charge in [-0.05, 0) is 89.6 Å². The summed E-state index contributed by atoms with van der Waals surface area (Å²) in [7, 11) is 1.62. The fourth-order valence-corrected chi connectivity index (χ4v) is 6.47. The highest BCUT2D eigenvalue weighted by atomic mass is 79.9. The lowest BCUT2D eigenvalue weighted by Crippen LogP contribution is -2.31. The number of carbonyl (C=O) groups excluding carboxylic acids is 1. The van der Waals surface area contributed by atoms with Crippen molar-refractivity contribution >= 4 is 45.2 Å². The molecule has 1 atom stereocenters. The zero-order valence-electron chi connectivity index (χ0n) is 25.0. The number of carbonyl (C=O) groups is 1. The maximum absolute atomic E-state index is 14.0. The number of unbranched alkanes of at least 4 members (excludes halogenated alkanes) is 1. The molecule has 0 fully saturated rings. The second-order valence-electron chi connectivity index (χ2n) is 10.5. The van der Waals surface area contributed by atoms with Crippen LogP contribution >= 0.6 is 27.7 Å². The SMILES string of the molecule is CCCCSc1nc2n(n1)C(c1cc(Br)c(OCc3ccccc3C)c(OC)c1)C(C(=O)Nc1cccc(C)c1)=C(C)N2. The van der Waals surface area contributed by atoms with Gasteiger partial charge in [0.25, 0.3) is 5.91 Å². The first-order chi connectivity index (χ1) is 20.8. The third-order valence-corrected chi connectivity index (χ3v) is 8.80. The first-order valence-electron chi connectivity index (χ1n) is 14.3. The van der Waals surface area contributed by atoms with Gasteiger partial charge in [-0.2, -0.15) is 4.98 Å². The summed E-state index contributed by atoms with van der Waals surface area (Å²) < 4.78 is 14.6. The van der Waals surface area contributed by atoms with E-state index in [2.05, 4.69) is 46.5 Å². The van der Waals surface area contributed by atoms with Crippen molar-refractivity contribution in [2.24, 2.45) is 0 Å². The Morgan fingerprint density at radius 3 is 2.67 bits per heavy atom. The van der Waals surface area contributed by atoms with Crippen LogP contribution in [0.25, 0.3) is 0 Å². The number of nitrogens with one attached hydrogen (secondary N) is 2. The highest BCUT2D eigenvalue weighted by Gasteiger charge is 2.35. The minimum Gasteiger partial charge on any atom is -0.493 e. The van der Waals surface area contributed by atoms with Gasteiger partial charge < -0.3 is 20.1 Å². The molecule has 5 rings (SSSR count). The number of aryl methyl sites for hydroxylation is 2. The van der Waals surface area contributed by atoms with E-state index in [1.807, 2.05) is 68.4 Å². The minimum absolute atomic E-state index is 0.225. The van der Waals surface area contributed by atoms with E-state index in [4.69, 9.17) is 19.6 Å². The Kier molecular flexibility index (Phi) is 9.77. The van der Waals surface area contributed by atoms with Gasteiger partial charge in [-0.15, -0.1) is 5.10 Å². The van der Waals surface area contributed by atoms with Crippen molar-refractivity contribution in [3.8, 4) is 11.5 Å². The normalized spacial score (nSPS) is 14.2. The largest absolute Gasteiger partial charge is 0.493 e. The standard InChI is InChI=1S/C33H36BrN5O3S/c1-6-7-15-43-33-37-32-35-22(4)28(31(40)36-25-14-10-11-20(2)16-25)29(39(32)38-33)24-17-26(34)30(27(18-24)41-5)42-19-23-13-9-8-12-21(23)3/h8-14,16-18,29H,6-7,15,19H2,1-5H3,(H,36,40)(H,35,37,38). The summed E-state index contributed by atoms with van der Waals surface area (Å²) in [5.41, 5.74) is 6.07. The molecule has 0 bridgehead atoms. The summed E-state index contributed by atoms with van der Waals surface area (Å²) >= 11 is 5.35. The molecule has 4 aromatic rings. The fourth-order valence-electron chi connectivity index (χ4n) is 4.98. The summed E-state index contributed by atoms with van der Waals surface area (Å²) in [6.07, 6.45) is 2.17. The quantitative estimate of drug-likeness (QED) is 0.124. The Hall–Kier alpha value is -3.76. The van der Waals surface area contributed by atoms with Crippen LogP contribution in [0.1, 0.15) is 55.0 Å². The molecule has 224 valence electrons. The van der Waals surface area contributed by atoms with Crippen LogP contribution in [0.4, 0.5) is 11.6 Å². The Balaban J connectivity index is 1.54. The predicted octanol–water partition coefficient (Wildman–Crippen LogP) is 8.06. The predicted molar refractivity (Wildman–Crippen MR) is 176 cm³/mol. The van der Waals surface area contributed by atoms with Crippen LogP contribution in [0.3, 0.4) is 0 Å². The van der Waals surface area contributed by atoms with Crippen LogP contribution < -0.4 is 20.1 Å². The third kappa shape index (κ3) is 6.91. The Bertz CT molecular complexity index is 1670. The summed E-state index contributed by atoms with van der Waals surface area (Å²) in [5, 5.41) is 11.9. The number of aromatic nitrogens is 3. The van der Waals surface area contributed by atoms with Crippen molar-refractivity contribution in [3.63, 3.8) is 0 Å². The van der Waals surface area contributed by atoms with E-state index in [1.54, 1.807) is 23.6 Å². The number of thioether (sulfide) groups is 1. The molecule has 0 aliphatic carbocycles. The van der Waals surface area contributed by atoms with Crippen molar-refractivity contribution in [1.82, 2.24) is 14.8 Å². The number of hydrogen-bond donors (Lipinski definition) is 2. The first-order valence-corrected chi connectivity index (χ1v) is 16.1. The Morgan fingerprint density at radius 2 is 1.93 bits per heavy atom. The molecular formula is C33H36BrN5O3S. The zero-order valence-corrected chi connectivity index (χ0v) is 27.4. The van der Waals surface area contributed by atoms with Crippen LogP contribution in [0.15, 0.2) is 81.6 Å². The van der Waals surface area contributed by atoms with Gasteiger partial charge >= 0.3 is 0 Å². The molecule has 3 aromatic carbocycles. The molecule has 1 aliphatic heterocycles. The number of hydrogen-bond acceptors (Lipinski definition) is 7. The van der Waals surface area contributed by atoms with Crippen molar-refractivity contribution in [1.29, 1.82) is 0 Å². The van der Waals surface area contributed by atoms with E-state index in [-0.39, 0.29) is 5.91 Å². The molecule has 43 heavy (non-hydrogen) atoms. The minimum atomic E-state index is -0.565. The maximum atomic E-state index is 14.0. The monoisotopic (exact) mass is 661 g/mol. The molecule has 2 N–H and O–H groups in total. The second kappa shape index (κ2) is 13.7. The number of halogens is 1. The van der Waals surface area contributed by atoms with E-state index < -0.39 is 6.04 Å². The molecule has 0 saturated carbocycles. The summed E-state index contributed by atoms with van der Waals surface area (Å²) in [6, 6.07) is 19.2. The third-order valence-electron chi connectivity index (χ3n) is 7.28. The van der Waals surface area contributed by atoms with E-state index in [0.717, 1.165) is 46.5 Å². The number of benzene rings is 3. The number of methoxy groups -OCH3 is 1. The van der Waals surface area contributed by atoms with Gasteiger partial charge in [0.2, 0.25) is 11.1 Å². The van der Waals surface area contributed by atoms with Crippen molar-refractivity contribution in [2.75, 3.05) is 23.5 Å². The van der Waals surface area contributed by atoms with Crippen LogP contribution in [-0.4, -0.2) is 33.5 Å². The molecule has 0 saturated heterocycles. The molecule has 0 spiro atoms. The lowest BCUT2D eigenvalue weighted by atomic mass is 9.94. The molecule has 1 aromatic heterocycles. The molecule has 1 amide bonds. The number of amides is 1. The van der Waals surface area contributed by atoms with Gasteiger partial charge in [0.15, 0.2) is 11.5 Å². The van der Waals surface area contributed by atoms with Crippen LogP contribution in [0.5, 0.6) is 11.5 Å². The molecular weight excluding hydrogens is 626 g/mol. The average Bonchev–Trinajstić information content (AvgIpc) is 3.38. The van der Waals surface area contributed by atoms with Gasteiger partial charge in [-0.1, -0.05) is 61.5 Å². The zero-order chi connectivity index (χ0) is 30.5. The summed E-state index contributed by atoms with van der Waals surface area (Å²) in [5.74, 6) is 2.42. The van der Waals surface area contributed by atoms with Gasteiger partial charge in [0.1, 0.15) is 12.6 Å². The highest BCUT2D eigenvalue weighted by Crippen LogP contribution is 2.43. The van der Waals surface area contributed by atoms with Crippen LogP contribution in [0, 0.1) is 13.8 Å². The average molecular weight is 663 g/mol. The molecule has 0 radical (unpaired) electrons. The number of rotatable bonds is 11. The number of allylic oxidation sites excluding steroid dienone is 1. The second-order valence-corrected chi connectivity index (χ2v) is 12.4. The Labute approximate surface area is 265 Å². The summed E-state index contributed by atoms with van der Waals surface area (Å²) in [4.78, 5) is 18.7. The van der Waals surface area contributed by atoms with E-state index >= 15 is 0 Å². The number of ether oxygens (including phenoxy) is 2. The molecule has 10 heteroatoms. The smallest absolute Gasteiger partial charge is 0.255 e. The topological polar surface area (TPSA) is 90.3 Å². The van der Waals surface area contributed by atoms with Gasteiger partial charge in [0.05, 0.1) is 17.2 Å². The van der Waals surface area contributed by atoms with Gasteiger partial charge in [-0.25, -0.2) is 4.68 Å². The Morgan fingerprint density at radius 1 is 1.12 bits per heavy atom. The van der Waals surface area contributed by atoms with Crippen molar-refractivity contribution < 1.29 is 14.3 Å². The number of nitrogens with zero attached hydrogens (tertiary/aromatic N) is 3. The first kappa shape index (κ1) is 30.7.